The van der Waals surface area contributed by atoms with Crippen LogP contribution in [0, 0.1) is 0 Å². The van der Waals surface area contributed by atoms with Gasteiger partial charge in [0, 0.05) is 13.6 Å². The summed E-state index contributed by atoms with van der Waals surface area (Å²) < 4.78 is 8.32. The fourth-order valence-corrected chi connectivity index (χ4v) is 1.57. The molecule has 0 unspecified atom stereocenters. The van der Waals surface area contributed by atoms with Gasteiger partial charge in [0.25, 0.3) is 5.56 Å². The van der Waals surface area contributed by atoms with Gasteiger partial charge in [0.2, 0.25) is 0 Å². The lowest BCUT2D eigenvalue weighted by molar-refractivity contribution is 0.132. The van der Waals surface area contributed by atoms with Crippen LogP contribution in [0.1, 0.15) is 0 Å². The number of hydrogen-bond acceptors (Lipinski definition) is 5. The van der Waals surface area contributed by atoms with Crippen molar-refractivity contribution in [3.05, 3.63) is 22.9 Å². The molecule has 2 rings (SSSR count). The second-order valence-corrected chi connectivity index (χ2v) is 3.65. The molecule has 92 valence electrons. The van der Waals surface area contributed by atoms with E-state index in [1.807, 2.05) is 0 Å². The third-order valence-corrected chi connectivity index (χ3v) is 2.46. The Morgan fingerprint density at radius 1 is 1.47 bits per heavy atom. The number of rotatable bonds is 5. The molecule has 0 bridgehead atoms. The molecule has 0 radical (unpaired) electrons. The van der Waals surface area contributed by atoms with Crippen LogP contribution in [0.2, 0.25) is 0 Å². The first-order chi connectivity index (χ1) is 8.24. The SMILES string of the molecule is Cn1ncc2c(=O)n(CCOCCN)cnc21. The van der Waals surface area contributed by atoms with Crippen LogP contribution in [0.25, 0.3) is 11.0 Å². The molecule has 0 atom stereocenters. The summed E-state index contributed by atoms with van der Waals surface area (Å²) in [6.45, 7) is 1.90. The van der Waals surface area contributed by atoms with Gasteiger partial charge in [-0.2, -0.15) is 5.10 Å². The molecule has 0 aromatic carbocycles. The van der Waals surface area contributed by atoms with Gasteiger partial charge in [0.15, 0.2) is 5.65 Å². The quantitative estimate of drug-likeness (QED) is 0.681. The lowest BCUT2D eigenvalue weighted by atomic mass is 10.4. The van der Waals surface area contributed by atoms with Crippen LogP contribution in [-0.4, -0.2) is 39.1 Å². The number of fused-ring (bicyclic) bond motifs is 1. The van der Waals surface area contributed by atoms with Crippen molar-refractivity contribution in [1.29, 1.82) is 0 Å². The Hall–Kier alpha value is -1.73. The van der Waals surface area contributed by atoms with E-state index in [1.165, 1.54) is 17.1 Å². The van der Waals surface area contributed by atoms with Gasteiger partial charge in [-0.25, -0.2) is 4.98 Å². The molecular formula is C10H15N5O2. The normalized spacial score (nSPS) is 11.2. The number of nitrogens with two attached hydrogens (primary N) is 1. The van der Waals surface area contributed by atoms with E-state index in [2.05, 4.69) is 10.1 Å². The Morgan fingerprint density at radius 3 is 3.06 bits per heavy atom. The predicted octanol–water partition coefficient (Wildman–Crippen LogP) is -0.895. The average Bonchev–Trinajstić information content (AvgIpc) is 2.70. The Bertz CT molecular complexity index is 559. The maximum Gasteiger partial charge on any atom is 0.264 e. The summed E-state index contributed by atoms with van der Waals surface area (Å²) >= 11 is 0. The highest BCUT2D eigenvalue weighted by Gasteiger charge is 2.07. The zero-order valence-electron chi connectivity index (χ0n) is 9.67. The standard InChI is InChI=1S/C10H15N5O2/c1-14-9-8(6-13-14)10(16)15(7-12-9)3-5-17-4-2-11/h6-7H,2-5,11H2,1H3. The van der Waals surface area contributed by atoms with E-state index in [4.69, 9.17) is 10.5 Å². The van der Waals surface area contributed by atoms with Crippen molar-refractivity contribution in [1.82, 2.24) is 19.3 Å². The molecule has 7 nitrogen and oxygen atoms in total. The van der Waals surface area contributed by atoms with Crippen LogP contribution in [0.15, 0.2) is 17.3 Å². The minimum atomic E-state index is -0.0977. The van der Waals surface area contributed by atoms with Crippen LogP contribution in [0.3, 0.4) is 0 Å². The third-order valence-electron chi connectivity index (χ3n) is 2.46. The summed E-state index contributed by atoms with van der Waals surface area (Å²) in [6.07, 6.45) is 3.04. The summed E-state index contributed by atoms with van der Waals surface area (Å²) in [5.74, 6) is 0. The molecule has 0 saturated heterocycles. The van der Waals surface area contributed by atoms with Crippen molar-refractivity contribution in [2.75, 3.05) is 19.8 Å². The fourth-order valence-electron chi connectivity index (χ4n) is 1.57. The molecule has 2 aromatic rings. The van der Waals surface area contributed by atoms with E-state index in [-0.39, 0.29) is 5.56 Å². The van der Waals surface area contributed by atoms with E-state index in [1.54, 1.807) is 11.7 Å². The first kappa shape index (κ1) is 11.7. The first-order valence-corrected chi connectivity index (χ1v) is 5.39. The summed E-state index contributed by atoms with van der Waals surface area (Å²) in [5.41, 5.74) is 5.79. The van der Waals surface area contributed by atoms with Crippen molar-refractivity contribution >= 4 is 11.0 Å². The van der Waals surface area contributed by atoms with Crippen LogP contribution < -0.4 is 11.3 Å². The zero-order chi connectivity index (χ0) is 12.3. The summed E-state index contributed by atoms with van der Waals surface area (Å²) in [6, 6.07) is 0. The van der Waals surface area contributed by atoms with E-state index in [9.17, 15) is 4.79 Å². The molecule has 2 aromatic heterocycles. The van der Waals surface area contributed by atoms with Crippen LogP contribution in [0.4, 0.5) is 0 Å². The Morgan fingerprint density at radius 2 is 2.29 bits per heavy atom. The average molecular weight is 237 g/mol. The van der Waals surface area contributed by atoms with Gasteiger partial charge in [-0.3, -0.25) is 14.0 Å². The number of nitrogens with zero attached hydrogens (tertiary/aromatic N) is 4. The minimum Gasteiger partial charge on any atom is -0.378 e. The summed E-state index contributed by atoms with van der Waals surface area (Å²) in [4.78, 5) is 16.2. The molecular weight excluding hydrogens is 222 g/mol. The largest absolute Gasteiger partial charge is 0.378 e. The molecule has 0 amide bonds. The molecule has 0 aliphatic carbocycles. The molecule has 0 aliphatic rings. The Balaban J connectivity index is 2.18. The highest BCUT2D eigenvalue weighted by Crippen LogP contribution is 2.02. The fraction of sp³-hybridized carbons (Fsp3) is 0.500. The first-order valence-electron chi connectivity index (χ1n) is 5.39. The zero-order valence-corrected chi connectivity index (χ0v) is 9.67. The van der Waals surface area contributed by atoms with Gasteiger partial charge in [0.1, 0.15) is 11.7 Å². The second kappa shape index (κ2) is 5.07. The molecule has 2 N–H and O–H groups in total. The highest BCUT2D eigenvalue weighted by atomic mass is 16.5. The third kappa shape index (κ3) is 2.34. The summed E-state index contributed by atoms with van der Waals surface area (Å²) in [5, 5.41) is 4.52. The van der Waals surface area contributed by atoms with E-state index in [0.717, 1.165) is 0 Å². The lowest BCUT2D eigenvalue weighted by Crippen LogP contribution is -2.23. The van der Waals surface area contributed by atoms with Crippen molar-refractivity contribution in [3.8, 4) is 0 Å². The number of aromatic nitrogens is 4. The molecule has 2 heterocycles. The monoisotopic (exact) mass is 237 g/mol. The van der Waals surface area contributed by atoms with Crippen molar-refractivity contribution in [3.63, 3.8) is 0 Å². The number of ether oxygens (including phenoxy) is 1. The minimum absolute atomic E-state index is 0.0977. The van der Waals surface area contributed by atoms with Gasteiger partial charge in [-0.05, 0) is 0 Å². The van der Waals surface area contributed by atoms with Gasteiger partial charge in [-0.1, -0.05) is 0 Å². The van der Waals surface area contributed by atoms with Crippen molar-refractivity contribution in [2.24, 2.45) is 12.8 Å². The maximum absolute atomic E-state index is 12.0. The summed E-state index contributed by atoms with van der Waals surface area (Å²) in [7, 11) is 1.75. The van der Waals surface area contributed by atoms with Gasteiger partial charge in [-0.15, -0.1) is 0 Å². The van der Waals surface area contributed by atoms with Gasteiger partial charge >= 0.3 is 0 Å². The maximum atomic E-state index is 12.0. The van der Waals surface area contributed by atoms with E-state index < -0.39 is 0 Å². The Kier molecular flexibility index (Phi) is 3.50. The molecule has 17 heavy (non-hydrogen) atoms. The highest BCUT2D eigenvalue weighted by molar-refractivity contribution is 5.72. The van der Waals surface area contributed by atoms with E-state index in [0.29, 0.717) is 37.3 Å². The number of hydrogen-bond donors (Lipinski definition) is 1. The van der Waals surface area contributed by atoms with Crippen molar-refractivity contribution < 1.29 is 4.74 Å². The lowest BCUT2D eigenvalue weighted by Gasteiger charge is -2.05. The predicted molar refractivity (Wildman–Crippen MR) is 62.6 cm³/mol. The van der Waals surface area contributed by atoms with Crippen LogP contribution >= 0.6 is 0 Å². The smallest absolute Gasteiger partial charge is 0.264 e. The Labute approximate surface area is 97.8 Å². The second-order valence-electron chi connectivity index (χ2n) is 3.65. The number of aryl methyl sites for hydroxylation is 1. The van der Waals surface area contributed by atoms with Crippen LogP contribution in [-0.2, 0) is 18.3 Å². The molecule has 0 spiro atoms. The topological polar surface area (TPSA) is 88.0 Å². The van der Waals surface area contributed by atoms with Gasteiger partial charge < -0.3 is 10.5 Å². The van der Waals surface area contributed by atoms with Crippen molar-refractivity contribution in [2.45, 2.75) is 6.54 Å². The molecule has 0 fully saturated rings. The van der Waals surface area contributed by atoms with Crippen LogP contribution in [0.5, 0.6) is 0 Å². The molecule has 0 aliphatic heterocycles. The molecule has 0 saturated carbocycles. The molecule has 7 heteroatoms. The van der Waals surface area contributed by atoms with Gasteiger partial charge in [0.05, 0.1) is 26.0 Å². The van der Waals surface area contributed by atoms with E-state index >= 15 is 0 Å².